The highest BCUT2D eigenvalue weighted by Gasteiger charge is 2.27. The number of carbonyl (C=O) groups excluding carboxylic acids is 2. The predicted molar refractivity (Wildman–Crippen MR) is 73.0 cm³/mol. The van der Waals surface area contributed by atoms with Crippen molar-refractivity contribution in [3.05, 3.63) is 0 Å². The minimum absolute atomic E-state index is 0.232. The van der Waals surface area contributed by atoms with Crippen LogP contribution in [0.3, 0.4) is 0 Å². The van der Waals surface area contributed by atoms with Crippen molar-refractivity contribution in [3.63, 3.8) is 0 Å². The van der Waals surface area contributed by atoms with Crippen LogP contribution in [0.5, 0.6) is 0 Å². The van der Waals surface area contributed by atoms with Crippen molar-refractivity contribution in [1.82, 2.24) is 4.57 Å². The average molecular weight is 258 g/mol. The molecule has 0 radical (unpaired) electrons. The lowest BCUT2D eigenvalue weighted by Crippen LogP contribution is -2.50. The van der Waals surface area contributed by atoms with E-state index >= 15 is 0 Å². The van der Waals surface area contributed by atoms with Crippen LogP contribution in [0.1, 0.15) is 39.0 Å². The Hall–Kier alpha value is -0.843. The van der Waals surface area contributed by atoms with Crippen molar-refractivity contribution in [2.75, 3.05) is 6.54 Å². The Kier molecular flexibility index (Phi) is 7.11. The first-order chi connectivity index (χ1) is 7.79. The minimum Gasteiger partial charge on any atom is -0.370 e. The maximum Gasteiger partial charge on any atom is 0.217 e. The summed E-state index contributed by atoms with van der Waals surface area (Å²) in [5.41, 5.74) is 5.06. The quantitative estimate of drug-likeness (QED) is 0.535. The Bertz CT molecular complexity index is 262. The van der Waals surface area contributed by atoms with Crippen molar-refractivity contribution in [2.45, 2.75) is 58.7 Å². The number of amides is 2. The summed E-state index contributed by atoms with van der Waals surface area (Å²) in [5.74, 6) is -0.0523. The van der Waals surface area contributed by atoms with Crippen molar-refractivity contribution in [2.24, 2.45) is 5.73 Å². The zero-order valence-corrected chi connectivity index (χ0v) is 12.6. The first kappa shape index (κ1) is 16.2. The molecule has 0 unspecified atom stereocenters. The third-order valence-corrected chi connectivity index (χ3v) is 4.71. The number of hydrogen-bond donors (Lipinski definition) is 1. The van der Waals surface area contributed by atoms with E-state index in [0.717, 1.165) is 19.4 Å². The molecule has 0 heterocycles. The van der Waals surface area contributed by atoms with Gasteiger partial charge < -0.3 is 10.3 Å². The summed E-state index contributed by atoms with van der Waals surface area (Å²) < 4.78 is 2.05. The zero-order chi connectivity index (χ0) is 13.5. The summed E-state index contributed by atoms with van der Waals surface area (Å²) in [7, 11) is -1.56. The molecule has 0 aliphatic carbocycles. The van der Waals surface area contributed by atoms with Crippen LogP contribution < -0.4 is 5.73 Å². The van der Waals surface area contributed by atoms with Crippen LogP contribution in [0.4, 0.5) is 0 Å². The minimum atomic E-state index is -1.56. The summed E-state index contributed by atoms with van der Waals surface area (Å²) in [6, 6.07) is 0. The van der Waals surface area contributed by atoms with Gasteiger partial charge in [0.1, 0.15) is 0 Å². The van der Waals surface area contributed by atoms with Gasteiger partial charge in [-0.15, -0.1) is 0 Å². The summed E-state index contributed by atoms with van der Waals surface area (Å²) in [6.07, 6.45) is 3.39. The molecule has 2 amide bonds. The van der Waals surface area contributed by atoms with Gasteiger partial charge in [0.15, 0.2) is 8.24 Å². The second kappa shape index (κ2) is 7.48. The Morgan fingerprint density at radius 1 is 1.12 bits per heavy atom. The molecule has 0 bridgehead atoms. The van der Waals surface area contributed by atoms with Crippen LogP contribution in [0.25, 0.3) is 0 Å². The standard InChI is InChI=1S/C12H26N2O2Si/c1-5-10-14(17(2,3)4)12(16)9-7-6-8-11(13)15/h5-10H2,1-4H3,(H2,13,15). The van der Waals surface area contributed by atoms with E-state index in [2.05, 4.69) is 31.1 Å². The number of nitrogens with two attached hydrogens (primary N) is 1. The van der Waals surface area contributed by atoms with Crippen LogP contribution in [0, 0.1) is 0 Å². The van der Waals surface area contributed by atoms with E-state index in [-0.39, 0.29) is 11.8 Å². The van der Waals surface area contributed by atoms with E-state index in [1.54, 1.807) is 0 Å². The molecular weight excluding hydrogens is 232 g/mol. The summed E-state index contributed by atoms with van der Waals surface area (Å²) in [6.45, 7) is 9.50. The molecule has 0 aliphatic rings. The normalized spacial score (nSPS) is 11.3. The summed E-state index contributed by atoms with van der Waals surface area (Å²) in [4.78, 5) is 22.6. The molecule has 0 aromatic heterocycles. The number of hydrogen-bond acceptors (Lipinski definition) is 2. The predicted octanol–water partition coefficient (Wildman–Crippen LogP) is 2.11. The van der Waals surface area contributed by atoms with Gasteiger partial charge in [-0.3, -0.25) is 9.59 Å². The van der Waals surface area contributed by atoms with E-state index in [0.29, 0.717) is 19.3 Å². The highest BCUT2D eigenvalue weighted by atomic mass is 28.3. The highest BCUT2D eigenvalue weighted by Crippen LogP contribution is 2.13. The monoisotopic (exact) mass is 258 g/mol. The molecule has 0 fully saturated rings. The van der Waals surface area contributed by atoms with Crippen molar-refractivity contribution in [1.29, 1.82) is 0 Å². The Morgan fingerprint density at radius 2 is 1.65 bits per heavy atom. The molecule has 100 valence electrons. The van der Waals surface area contributed by atoms with Crippen LogP contribution in [0.15, 0.2) is 0 Å². The smallest absolute Gasteiger partial charge is 0.217 e. The molecule has 0 rings (SSSR count). The maximum absolute atomic E-state index is 12.1. The zero-order valence-electron chi connectivity index (χ0n) is 11.6. The molecule has 0 saturated heterocycles. The van der Waals surface area contributed by atoms with Gasteiger partial charge >= 0.3 is 0 Å². The van der Waals surface area contributed by atoms with Gasteiger partial charge in [-0.25, -0.2) is 0 Å². The van der Waals surface area contributed by atoms with Crippen molar-refractivity contribution in [3.8, 4) is 0 Å². The van der Waals surface area contributed by atoms with Crippen LogP contribution in [-0.4, -0.2) is 31.2 Å². The van der Waals surface area contributed by atoms with Crippen molar-refractivity contribution >= 4 is 20.0 Å². The third-order valence-electron chi connectivity index (χ3n) is 2.62. The second-order valence-electron chi connectivity index (χ2n) is 5.39. The van der Waals surface area contributed by atoms with Crippen LogP contribution in [0.2, 0.25) is 19.6 Å². The lowest BCUT2D eigenvalue weighted by Gasteiger charge is -2.34. The van der Waals surface area contributed by atoms with E-state index < -0.39 is 8.24 Å². The van der Waals surface area contributed by atoms with Gasteiger partial charge in [0.2, 0.25) is 11.8 Å². The van der Waals surface area contributed by atoms with E-state index in [1.807, 2.05) is 0 Å². The molecule has 0 saturated carbocycles. The first-order valence-corrected chi connectivity index (χ1v) is 9.82. The molecule has 5 heteroatoms. The molecule has 0 aliphatic heterocycles. The van der Waals surface area contributed by atoms with E-state index in [9.17, 15) is 9.59 Å². The Labute approximate surface area is 106 Å². The van der Waals surface area contributed by atoms with Gasteiger partial charge in [-0.05, 0) is 19.3 Å². The number of primary amides is 1. The van der Waals surface area contributed by atoms with Crippen LogP contribution >= 0.6 is 0 Å². The van der Waals surface area contributed by atoms with E-state index in [4.69, 9.17) is 5.73 Å². The SMILES string of the molecule is CCCN(C(=O)CCCCC(N)=O)[Si](C)(C)C. The number of nitrogens with zero attached hydrogens (tertiary/aromatic N) is 1. The fourth-order valence-corrected chi connectivity index (χ4v) is 3.52. The number of carbonyl (C=O) groups is 2. The molecule has 17 heavy (non-hydrogen) atoms. The van der Waals surface area contributed by atoms with E-state index in [1.165, 1.54) is 0 Å². The van der Waals surface area contributed by atoms with Gasteiger partial charge in [0, 0.05) is 19.4 Å². The van der Waals surface area contributed by atoms with Crippen LogP contribution in [-0.2, 0) is 9.59 Å². The van der Waals surface area contributed by atoms with Gasteiger partial charge in [-0.1, -0.05) is 26.6 Å². The molecule has 2 N–H and O–H groups in total. The van der Waals surface area contributed by atoms with Gasteiger partial charge in [0.05, 0.1) is 0 Å². The summed E-state index contributed by atoms with van der Waals surface area (Å²) in [5, 5.41) is 0. The van der Waals surface area contributed by atoms with Gasteiger partial charge in [0.25, 0.3) is 0 Å². The maximum atomic E-state index is 12.1. The largest absolute Gasteiger partial charge is 0.370 e. The molecule has 0 aromatic rings. The fraction of sp³-hybridized carbons (Fsp3) is 0.833. The third kappa shape index (κ3) is 7.15. The topological polar surface area (TPSA) is 63.4 Å². The molecule has 0 spiro atoms. The Balaban J connectivity index is 4.11. The fourth-order valence-electron chi connectivity index (χ4n) is 1.77. The lowest BCUT2D eigenvalue weighted by atomic mass is 10.2. The first-order valence-electron chi connectivity index (χ1n) is 6.37. The van der Waals surface area contributed by atoms with Crippen molar-refractivity contribution < 1.29 is 9.59 Å². The Morgan fingerprint density at radius 3 is 2.06 bits per heavy atom. The number of unbranched alkanes of at least 4 members (excludes halogenated alkanes) is 1. The average Bonchev–Trinajstić information content (AvgIpc) is 2.18. The number of rotatable bonds is 8. The molecule has 4 nitrogen and oxygen atoms in total. The highest BCUT2D eigenvalue weighted by molar-refractivity contribution is 6.75. The lowest BCUT2D eigenvalue weighted by molar-refractivity contribution is -0.127. The summed E-state index contributed by atoms with van der Waals surface area (Å²) >= 11 is 0. The molecular formula is C12H26N2O2Si. The second-order valence-corrected chi connectivity index (χ2v) is 10.3. The van der Waals surface area contributed by atoms with Gasteiger partial charge in [-0.2, -0.15) is 0 Å². The molecule has 0 atom stereocenters. The molecule has 0 aromatic carbocycles.